The number of para-hydroxylation sites is 2. The third-order valence-corrected chi connectivity index (χ3v) is 2.21. The minimum Gasteiger partial charge on any atom is -0.338 e. The van der Waals surface area contributed by atoms with Crippen LogP contribution < -0.4 is 5.32 Å². The van der Waals surface area contributed by atoms with E-state index in [9.17, 15) is 0 Å². The largest absolute Gasteiger partial charge is 0.338 e. The lowest BCUT2D eigenvalue weighted by Crippen LogP contribution is -2.07. The second-order valence-corrected chi connectivity index (χ2v) is 3.23. The summed E-state index contributed by atoms with van der Waals surface area (Å²) < 4.78 is 1.55. The topological polar surface area (TPSA) is 68.0 Å². The first-order chi connectivity index (χ1) is 7.93. The van der Waals surface area contributed by atoms with Gasteiger partial charge in [-0.25, -0.2) is 0 Å². The fourth-order valence-electron chi connectivity index (χ4n) is 1.47. The third-order valence-electron chi connectivity index (χ3n) is 2.21. The Morgan fingerprint density at radius 1 is 1.19 bits per heavy atom. The Balaban J connectivity index is 2.03. The van der Waals surface area contributed by atoms with Crippen molar-refractivity contribution in [1.82, 2.24) is 20.2 Å². The minimum atomic E-state index is 0.763. The van der Waals surface area contributed by atoms with Gasteiger partial charge in [0.15, 0.2) is 0 Å². The highest BCUT2D eigenvalue weighted by atomic mass is 15.5. The number of fused-ring (bicyclic) bond motifs is 1. The van der Waals surface area contributed by atoms with E-state index >= 15 is 0 Å². The highest BCUT2D eigenvalue weighted by Crippen LogP contribution is 2.27. The lowest BCUT2D eigenvalue weighted by Gasteiger charge is -2.08. The molecule has 3 rings (SSSR count). The van der Waals surface area contributed by atoms with Gasteiger partial charge in [-0.3, -0.25) is 4.99 Å². The third kappa shape index (κ3) is 1.46. The van der Waals surface area contributed by atoms with Crippen molar-refractivity contribution in [3.63, 3.8) is 0 Å². The standard InChI is InChI=1S/C10H8N6/c1-2-4-9-8(3-1)11-6-5-10(13-9)16-7-12-14-15-16/h1-7,13H. The second kappa shape index (κ2) is 3.58. The van der Waals surface area contributed by atoms with E-state index in [4.69, 9.17) is 0 Å². The Labute approximate surface area is 91.3 Å². The van der Waals surface area contributed by atoms with Crippen LogP contribution >= 0.6 is 0 Å². The monoisotopic (exact) mass is 212 g/mol. The molecule has 0 atom stereocenters. The predicted molar refractivity (Wildman–Crippen MR) is 60.3 cm³/mol. The Hall–Kier alpha value is -2.50. The number of hydrogen-bond donors (Lipinski definition) is 1. The summed E-state index contributed by atoms with van der Waals surface area (Å²) >= 11 is 0. The first kappa shape index (κ1) is 8.78. The Kier molecular flexibility index (Phi) is 1.96. The second-order valence-electron chi connectivity index (χ2n) is 3.23. The van der Waals surface area contributed by atoms with Gasteiger partial charge in [0.05, 0.1) is 11.4 Å². The number of anilines is 1. The molecule has 0 spiro atoms. The van der Waals surface area contributed by atoms with E-state index in [0.29, 0.717) is 0 Å². The van der Waals surface area contributed by atoms with Crippen LogP contribution in [0.2, 0.25) is 0 Å². The van der Waals surface area contributed by atoms with Crippen LogP contribution in [-0.4, -0.2) is 26.4 Å². The van der Waals surface area contributed by atoms with E-state index in [1.165, 1.54) is 6.33 Å². The molecule has 0 unspecified atom stereocenters. The molecule has 6 nitrogen and oxygen atoms in total. The van der Waals surface area contributed by atoms with Crippen LogP contribution in [0.1, 0.15) is 0 Å². The Morgan fingerprint density at radius 3 is 3.00 bits per heavy atom. The molecule has 2 aromatic rings. The molecule has 0 amide bonds. The SMILES string of the molecule is C1=Nc2ccccc2NC(n2cnnn2)=C1. The maximum atomic E-state index is 4.30. The summed E-state index contributed by atoms with van der Waals surface area (Å²) in [4.78, 5) is 4.30. The summed E-state index contributed by atoms with van der Waals surface area (Å²) in [5.74, 6) is 0.763. The molecular formula is C10H8N6. The lowest BCUT2D eigenvalue weighted by molar-refractivity contribution is 0.801. The van der Waals surface area contributed by atoms with Crippen molar-refractivity contribution < 1.29 is 0 Å². The maximum Gasteiger partial charge on any atom is 0.145 e. The highest BCUT2D eigenvalue weighted by molar-refractivity contribution is 5.90. The number of aromatic nitrogens is 4. The van der Waals surface area contributed by atoms with Gasteiger partial charge in [0.2, 0.25) is 0 Å². The molecule has 1 aromatic carbocycles. The number of rotatable bonds is 1. The van der Waals surface area contributed by atoms with E-state index < -0.39 is 0 Å². The molecule has 16 heavy (non-hydrogen) atoms. The summed E-state index contributed by atoms with van der Waals surface area (Å²) in [6, 6.07) is 7.79. The quantitative estimate of drug-likeness (QED) is 0.773. The van der Waals surface area contributed by atoms with Crippen LogP contribution in [0.25, 0.3) is 5.82 Å². The molecule has 0 saturated heterocycles. The van der Waals surface area contributed by atoms with Crippen molar-refractivity contribution in [3.8, 4) is 0 Å². The van der Waals surface area contributed by atoms with E-state index in [2.05, 4.69) is 25.8 Å². The molecule has 0 aliphatic carbocycles. The molecule has 0 radical (unpaired) electrons. The number of nitrogens with zero attached hydrogens (tertiary/aromatic N) is 5. The molecule has 6 heteroatoms. The van der Waals surface area contributed by atoms with Crippen molar-refractivity contribution in [2.24, 2.45) is 4.99 Å². The lowest BCUT2D eigenvalue weighted by atomic mass is 10.3. The number of benzene rings is 1. The van der Waals surface area contributed by atoms with Gasteiger partial charge < -0.3 is 5.32 Å². The Bertz CT molecular complexity index is 554. The van der Waals surface area contributed by atoms with E-state index in [-0.39, 0.29) is 0 Å². The number of hydrogen-bond acceptors (Lipinski definition) is 5. The summed E-state index contributed by atoms with van der Waals surface area (Å²) in [5.41, 5.74) is 1.82. The zero-order valence-corrected chi connectivity index (χ0v) is 8.28. The van der Waals surface area contributed by atoms with Gasteiger partial charge >= 0.3 is 0 Å². The first-order valence-electron chi connectivity index (χ1n) is 4.77. The molecule has 0 fully saturated rings. The predicted octanol–water partition coefficient (Wildman–Crippen LogP) is 1.30. The molecule has 78 valence electrons. The number of allylic oxidation sites excluding steroid dienone is 1. The molecule has 0 bridgehead atoms. The minimum absolute atomic E-state index is 0.763. The van der Waals surface area contributed by atoms with Gasteiger partial charge in [-0.1, -0.05) is 12.1 Å². The highest BCUT2D eigenvalue weighted by Gasteiger charge is 2.07. The Morgan fingerprint density at radius 2 is 2.12 bits per heavy atom. The van der Waals surface area contributed by atoms with Crippen molar-refractivity contribution >= 4 is 23.4 Å². The summed E-state index contributed by atoms with van der Waals surface area (Å²) in [6.07, 6.45) is 5.06. The fourth-order valence-corrected chi connectivity index (χ4v) is 1.47. The normalized spacial score (nSPS) is 13.6. The molecule has 1 aromatic heterocycles. The average Bonchev–Trinajstić information content (AvgIpc) is 2.75. The molecular weight excluding hydrogens is 204 g/mol. The van der Waals surface area contributed by atoms with Gasteiger partial charge in [0.1, 0.15) is 12.1 Å². The number of nitrogens with one attached hydrogen (secondary N) is 1. The molecule has 1 aliphatic heterocycles. The van der Waals surface area contributed by atoms with Crippen LogP contribution in [0.5, 0.6) is 0 Å². The molecule has 1 aliphatic rings. The van der Waals surface area contributed by atoms with Gasteiger partial charge in [-0.2, -0.15) is 4.68 Å². The van der Waals surface area contributed by atoms with Crippen LogP contribution in [0.3, 0.4) is 0 Å². The fraction of sp³-hybridized carbons (Fsp3) is 0. The number of aliphatic imine (C=N–C) groups is 1. The van der Waals surface area contributed by atoms with Gasteiger partial charge in [0, 0.05) is 6.21 Å². The van der Waals surface area contributed by atoms with Gasteiger partial charge in [-0.15, -0.1) is 5.10 Å². The maximum absolute atomic E-state index is 4.30. The zero-order valence-electron chi connectivity index (χ0n) is 8.28. The average molecular weight is 212 g/mol. The number of tetrazole rings is 1. The van der Waals surface area contributed by atoms with Crippen LogP contribution in [-0.2, 0) is 0 Å². The first-order valence-corrected chi connectivity index (χ1v) is 4.77. The van der Waals surface area contributed by atoms with Crippen LogP contribution in [0.15, 0.2) is 41.7 Å². The van der Waals surface area contributed by atoms with Crippen LogP contribution in [0.4, 0.5) is 11.4 Å². The molecule has 2 heterocycles. The van der Waals surface area contributed by atoms with Crippen molar-refractivity contribution in [2.45, 2.75) is 0 Å². The van der Waals surface area contributed by atoms with Gasteiger partial charge in [-0.05, 0) is 28.6 Å². The van der Waals surface area contributed by atoms with Crippen molar-refractivity contribution in [1.29, 1.82) is 0 Å². The van der Waals surface area contributed by atoms with Crippen LogP contribution in [0, 0.1) is 0 Å². The zero-order chi connectivity index (χ0) is 10.8. The van der Waals surface area contributed by atoms with Crippen molar-refractivity contribution in [2.75, 3.05) is 5.32 Å². The summed E-state index contributed by atoms with van der Waals surface area (Å²) in [6.45, 7) is 0. The van der Waals surface area contributed by atoms with E-state index in [1.54, 1.807) is 10.9 Å². The molecule has 1 N–H and O–H groups in total. The molecule has 0 saturated carbocycles. The van der Waals surface area contributed by atoms with E-state index in [0.717, 1.165) is 17.2 Å². The summed E-state index contributed by atoms with van der Waals surface area (Å²) in [5, 5.41) is 14.2. The summed E-state index contributed by atoms with van der Waals surface area (Å²) in [7, 11) is 0. The van der Waals surface area contributed by atoms with Gasteiger partial charge in [0.25, 0.3) is 0 Å². The smallest absolute Gasteiger partial charge is 0.145 e. The van der Waals surface area contributed by atoms with E-state index in [1.807, 2.05) is 30.3 Å². The van der Waals surface area contributed by atoms with Crippen molar-refractivity contribution in [3.05, 3.63) is 36.7 Å².